The number of nitrogens with one attached hydrogen (secondary N) is 1. The van der Waals surface area contributed by atoms with Gasteiger partial charge in [-0.3, -0.25) is 4.79 Å². The summed E-state index contributed by atoms with van der Waals surface area (Å²) in [6, 6.07) is 10.1. The standard InChI is InChI=1S/C13H15N3O2S2/c1-9(11(17)18-2)19-13-16-15-12(20-13)14-8-10-6-4-3-5-7-10/h3-7,9H,8H2,1-2H3,(H,14,15)/t9-/m0/s1. The zero-order valence-electron chi connectivity index (χ0n) is 11.2. The smallest absolute Gasteiger partial charge is 0.318 e. The molecule has 1 aromatic carbocycles. The average molecular weight is 309 g/mol. The van der Waals surface area contributed by atoms with Crippen molar-refractivity contribution in [2.24, 2.45) is 0 Å². The van der Waals surface area contributed by atoms with Crippen LogP contribution in [0.1, 0.15) is 12.5 Å². The second-order valence-corrected chi connectivity index (χ2v) is 6.56. The highest BCUT2D eigenvalue weighted by Gasteiger charge is 2.17. The number of anilines is 1. The molecule has 1 atom stereocenters. The van der Waals surface area contributed by atoms with E-state index in [0.29, 0.717) is 6.54 Å². The number of nitrogens with zero attached hydrogens (tertiary/aromatic N) is 2. The second kappa shape index (κ2) is 7.25. The number of methoxy groups -OCH3 is 1. The number of carbonyl (C=O) groups excluding carboxylic acids is 1. The topological polar surface area (TPSA) is 64.1 Å². The van der Waals surface area contributed by atoms with Gasteiger partial charge in [-0.05, 0) is 12.5 Å². The van der Waals surface area contributed by atoms with Gasteiger partial charge in [0.25, 0.3) is 0 Å². The van der Waals surface area contributed by atoms with Crippen molar-refractivity contribution >= 4 is 34.2 Å². The molecule has 20 heavy (non-hydrogen) atoms. The number of thioether (sulfide) groups is 1. The normalized spacial score (nSPS) is 11.9. The number of esters is 1. The Hall–Kier alpha value is -1.60. The van der Waals surface area contributed by atoms with Gasteiger partial charge in [0.05, 0.1) is 7.11 Å². The number of ether oxygens (including phenoxy) is 1. The van der Waals surface area contributed by atoms with E-state index in [9.17, 15) is 4.79 Å². The van der Waals surface area contributed by atoms with Gasteiger partial charge >= 0.3 is 5.97 Å². The van der Waals surface area contributed by atoms with Crippen LogP contribution in [0.5, 0.6) is 0 Å². The molecule has 106 valence electrons. The molecular weight excluding hydrogens is 294 g/mol. The minimum absolute atomic E-state index is 0.260. The third kappa shape index (κ3) is 4.21. The van der Waals surface area contributed by atoms with Gasteiger partial charge in [-0.1, -0.05) is 53.4 Å². The van der Waals surface area contributed by atoms with Crippen LogP contribution in [0.15, 0.2) is 34.7 Å². The first-order valence-electron chi connectivity index (χ1n) is 6.05. The molecule has 0 saturated heterocycles. The molecule has 0 spiro atoms. The molecule has 2 rings (SSSR count). The number of aromatic nitrogens is 2. The molecule has 1 aromatic heterocycles. The fraction of sp³-hybridized carbons (Fsp3) is 0.308. The lowest BCUT2D eigenvalue weighted by Crippen LogP contribution is -2.14. The minimum atomic E-state index is -0.282. The number of carbonyl (C=O) groups is 1. The molecule has 1 N–H and O–H groups in total. The average Bonchev–Trinajstić information content (AvgIpc) is 2.92. The Bertz CT molecular complexity index is 560. The Morgan fingerprint density at radius 1 is 1.40 bits per heavy atom. The van der Waals surface area contributed by atoms with Crippen LogP contribution in [0.2, 0.25) is 0 Å². The molecule has 5 nitrogen and oxygen atoms in total. The summed E-state index contributed by atoms with van der Waals surface area (Å²) in [5, 5.41) is 11.8. The van der Waals surface area contributed by atoms with E-state index in [-0.39, 0.29) is 11.2 Å². The van der Waals surface area contributed by atoms with E-state index in [4.69, 9.17) is 0 Å². The maximum Gasteiger partial charge on any atom is 0.318 e. The van der Waals surface area contributed by atoms with Crippen molar-refractivity contribution < 1.29 is 9.53 Å². The minimum Gasteiger partial charge on any atom is -0.468 e. The molecule has 0 saturated carbocycles. The highest BCUT2D eigenvalue weighted by Crippen LogP contribution is 2.29. The molecule has 7 heteroatoms. The molecule has 0 bridgehead atoms. The molecule has 0 fully saturated rings. The molecule has 0 unspecified atom stereocenters. The zero-order valence-corrected chi connectivity index (χ0v) is 12.8. The number of benzene rings is 1. The fourth-order valence-corrected chi connectivity index (χ4v) is 3.39. The summed E-state index contributed by atoms with van der Waals surface area (Å²) < 4.78 is 5.43. The maximum atomic E-state index is 11.3. The van der Waals surface area contributed by atoms with E-state index in [0.717, 1.165) is 9.47 Å². The highest BCUT2D eigenvalue weighted by atomic mass is 32.2. The summed E-state index contributed by atoms with van der Waals surface area (Å²) in [4.78, 5) is 11.3. The Labute approximate surface area is 125 Å². The van der Waals surface area contributed by atoms with Gasteiger partial charge in [-0.25, -0.2) is 0 Å². The summed E-state index contributed by atoms with van der Waals surface area (Å²) >= 11 is 2.78. The van der Waals surface area contributed by atoms with Crippen LogP contribution in [-0.4, -0.2) is 28.5 Å². The van der Waals surface area contributed by atoms with E-state index in [2.05, 4.69) is 20.3 Å². The van der Waals surface area contributed by atoms with Crippen LogP contribution in [0.3, 0.4) is 0 Å². The molecule has 0 aliphatic rings. The van der Waals surface area contributed by atoms with E-state index in [1.807, 2.05) is 30.3 Å². The van der Waals surface area contributed by atoms with Crippen molar-refractivity contribution in [3.8, 4) is 0 Å². The van der Waals surface area contributed by atoms with Crippen LogP contribution < -0.4 is 5.32 Å². The van der Waals surface area contributed by atoms with E-state index < -0.39 is 0 Å². The maximum absolute atomic E-state index is 11.3. The first-order chi connectivity index (χ1) is 9.69. The zero-order chi connectivity index (χ0) is 14.4. The first-order valence-corrected chi connectivity index (χ1v) is 7.74. The van der Waals surface area contributed by atoms with Gasteiger partial charge in [0.1, 0.15) is 5.25 Å². The summed E-state index contributed by atoms with van der Waals surface area (Å²) in [6.07, 6.45) is 0. The van der Waals surface area contributed by atoms with Gasteiger partial charge in [-0.2, -0.15) is 0 Å². The Kier molecular flexibility index (Phi) is 5.37. The summed E-state index contributed by atoms with van der Waals surface area (Å²) in [6.45, 7) is 2.49. The number of hydrogen-bond acceptors (Lipinski definition) is 7. The van der Waals surface area contributed by atoms with E-state index in [1.54, 1.807) is 6.92 Å². The summed E-state index contributed by atoms with van der Waals surface area (Å²) in [5.74, 6) is -0.260. The molecule has 1 heterocycles. The van der Waals surface area contributed by atoms with Gasteiger partial charge in [0, 0.05) is 6.54 Å². The number of hydrogen-bond donors (Lipinski definition) is 1. The molecule has 0 aliphatic carbocycles. The van der Waals surface area contributed by atoms with Crippen molar-refractivity contribution in [2.75, 3.05) is 12.4 Å². The van der Waals surface area contributed by atoms with Gasteiger partial charge in [0.2, 0.25) is 5.13 Å². The monoisotopic (exact) mass is 309 g/mol. The number of rotatable bonds is 6. The van der Waals surface area contributed by atoms with Gasteiger partial charge in [-0.15, -0.1) is 10.2 Å². The van der Waals surface area contributed by atoms with Crippen LogP contribution in [0, 0.1) is 0 Å². The molecule has 0 radical (unpaired) electrons. The summed E-state index contributed by atoms with van der Waals surface area (Å²) in [5.41, 5.74) is 1.18. The van der Waals surface area contributed by atoms with Crippen LogP contribution in [-0.2, 0) is 16.1 Å². The first kappa shape index (κ1) is 14.8. The third-order valence-electron chi connectivity index (χ3n) is 2.50. The lowest BCUT2D eigenvalue weighted by molar-refractivity contribution is -0.139. The predicted octanol–water partition coefficient (Wildman–Crippen LogP) is 2.80. The molecule has 0 amide bonds. The largest absolute Gasteiger partial charge is 0.468 e. The van der Waals surface area contributed by atoms with Crippen molar-refractivity contribution in [1.82, 2.24) is 10.2 Å². The van der Waals surface area contributed by atoms with Crippen LogP contribution >= 0.6 is 23.1 Å². The van der Waals surface area contributed by atoms with E-state index in [1.165, 1.54) is 35.8 Å². The lowest BCUT2D eigenvalue weighted by Gasteiger charge is -2.04. The molecule has 2 aromatic rings. The van der Waals surface area contributed by atoms with Gasteiger partial charge < -0.3 is 10.1 Å². The predicted molar refractivity (Wildman–Crippen MR) is 81.0 cm³/mol. The SMILES string of the molecule is COC(=O)[C@H](C)Sc1nnc(NCc2ccccc2)s1. The van der Waals surface area contributed by atoms with Crippen LogP contribution in [0.25, 0.3) is 0 Å². The third-order valence-corrected chi connectivity index (χ3v) is 4.55. The molecule has 0 aliphatic heterocycles. The van der Waals surface area contributed by atoms with E-state index >= 15 is 0 Å². The fourth-order valence-electron chi connectivity index (χ4n) is 1.47. The van der Waals surface area contributed by atoms with Crippen molar-refractivity contribution in [2.45, 2.75) is 23.1 Å². The molecular formula is C13H15N3O2S2. The van der Waals surface area contributed by atoms with Crippen molar-refractivity contribution in [3.63, 3.8) is 0 Å². The van der Waals surface area contributed by atoms with Gasteiger partial charge in [0.15, 0.2) is 4.34 Å². The van der Waals surface area contributed by atoms with Crippen molar-refractivity contribution in [1.29, 1.82) is 0 Å². The second-order valence-electron chi connectivity index (χ2n) is 4.00. The summed E-state index contributed by atoms with van der Waals surface area (Å²) in [7, 11) is 1.38. The highest BCUT2D eigenvalue weighted by molar-refractivity contribution is 8.02. The lowest BCUT2D eigenvalue weighted by atomic mass is 10.2. The Morgan fingerprint density at radius 3 is 2.85 bits per heavy atom. The Morgan fingerprint density at radius 2 is 2.15 bits per heavy atom. The van der Waals surface area contributed by atoms with Crippen molar-refractivity contribution in [3.05, 3.63) is 35.9 Å². The quantitative estimate of drug-likeness (QED) is 0.654. The van der Waals surface area contributed by atoms with Crippen LogP contribution in [0.4, 0.5) is 5.13 Å². The Balaban J connectivity index is 1.87.